The van der Waals surface area contributed by atoms with Crippen molar-refractivity contribution in [3.05, 3.63) is 281 Å². The standard InChI is InChI=1S/C68H39BN2/c1-3-19-42-37-60-56(35-40(42)17-1)67(50-27-11-7-23-46(50)47-24-8-12-28-51(47)67)54-31-15-33-58-65(54)70(60)62-39-44-21-5-6-22-45(44)64-63(62)69(58)59-34-16-32-55-66(59)71(64)61-38-43-20-4-2-18-41(43)36-57(61)68(55)52-29-13-9-25-48(52)49-26-10-14-30-53(49)68/h1-39H. The minimum atomic E-state index is -0.558. The van der Waals surface area contributed by atoms with Crippen molar-refractivity contribution in [1.29, 1.82) is 0 Å². The fraction of sp³-hybridized carbons (Fsp3) is 0.0294. The lowest BCUT2D eigenvalue weighted by Crippen LogP contribution is -2.63. The van der Waals surface area contributed by atoms with E-state index >= 15 is 0 Å². The lowest BCUT2D eigenvalue weighted by molar-refractivity contribution is 0.754. The first-order valence-corrected chi connectivity index (χ1v) is 25.1. The first-order valence-electron chi connectivity index (χ1n) is 25.1. The van der Waals surface area contributed by atoms with Crippen LogP contribution in [-0.4, -0.2) is 6.71 Å². The zero-order valence-corrected chi connectivity index (χ0v) is 38.5. The molecular weight excluding hydrogens is 856 g/mol. The molecule has 0 aromatic heterocycles. The number of benzene rings is 12. The third-order valence-electron chi connectivity index (χ3n) is 17.7. The van der Waals surface area contributed by atoms with Gasteiger partial charge in [-0.2, -0.15) is 0 Å². The van der Waals surface area contributed by atoms with Gasteiger partial charge in [-0.15, -0.1) is 0 Å². The zero-order valence-electron chi connectivity index (χ0n) is 38.5. The number of fused-ring (bicyclic) bond motifs is 26. The Morgan fingerprint density at radius 1 is 0.268 bits per heavy atom. The molecule has 0 amide bonds. The highest BCUT2D eigenvalue weighted by atomic mass is 15.2. The summed E-state index contributed by atoms with van der Waals surface area (Å²) in [5.41, 5.74) is 26.6. The SMILES string of the molecule is c1ccc2c(c1)-c1ccccc1C21c2cc3ccccc3cc2N2c3cc4ccccc4c4c3B(c3cccc1c32)c1cccc2c1N4c1cc3ccccc3cc1C21c2ccccc2-c2ccccc21. The summed E-state index contributed by atoms with van der Waals surface area (Å²) < 4.78 is 0. The van der Waals surface area contributed by atoms with E-state index < -0.39 is 10.8 Å². The van der Waals surface area contributed by atoms with E-state index in [-0.39, 0.29) is 6.71 Å². The maximum Gasteiger partial charge on any atom is 0.252 e. The Balaban J connectivity index is 1.04. The minimum Gasteiger partial charge on any atom is -0.311 e. The molecule has 0 atom stereocenters. The highest BCUT2D eigenvalue weighted by Gasteiger charge is 2.58. The Hall–Kier alpha value is -8.92. The number of hydrogen-bond donors (Lipinski definition) is 0. The van der Waals surface area contributed by atoms with E-state index in [4.69, 9.17) is 0 Å². The summed E-state index contributed by atoms with van der Waals surface area (Å²) in [7, 11) is 0. The molecule has 18 rings (SSSR count). The van der Waals surface area contributed by atoms with Crippen LogP contribution in [0.25, 0.3) is 54.6 Å². The van der Waals surface area contributed by atoms with E-state index in [1.165, 1.54) is 150 Å². The molecule has 0 fully saturated rings. The Bertz CT molecular complexity index is 4360. The molecule has 4 heterocycles. The Morgan fingerprint density at radius 2 is 0.634 bits per heavy atom. The van der Waals surface area contributed by atoms with Gasteiger partial charge in [0.25, 0.3) is 6.71 Å². The van der Waals surface area contributed by atoms with Crippen LogP contribution in [0.15, 0.2) is 237 Å². The van der Waals surface area contributed by atoms with Crippen LogP contribution in [0, 0.1) is 0 Å². The molecule has 6 aliphatic rings. The van der Waals surface area contributed by atoms with Crippen LogP contribution in [0.3, 0.4) is 0 Å². The van der Waals surface area contributed by atoms with Crippen LogP contribution in [0.2, 0.25) is 0 Å². The molecule has 0 unspecified atom stereocenters. The average Bonchev–Trinajstić information content (AvgIpc) is 3.93. The van der Waals surface area contributed by atoms with Gasteiger partial charge in [0.2, 0.25) is 0 Å². The maximum atomic E-state index is 2.73. The molecular formula is C68H39BN2. The third-order valence-corrected chi connectivity index (χ3v) is 17.7. The van der Waals surface area contributed by atoms with Gasteiger partial charge in [-0.1, -0.05) is 206 Å². The molecule has 3 heteroatoms. The fourth-order valence-electron chi connectivity index (χ4n) is 15.3. The molecule has 4 aliphatic heterocycles. The monoisotopic (exact) mass is 894 g/mol. The normalized spacial score (nSPS) is 15.5. The second kappa shape index (κ2) is 12.6. The van der Waals surface area contributed by atoms with Crippen LogP contribution in [-0.2, 0) is 10.8 Å². The van der Waals surface area contributed by atoms with Crippen LogP contribution in [0.5, 0.6) is 0 Å². The van der Waals surface area contributed by atoms with E-state index in [0.29, 0.717) is 0 Å². The third kappa shape index (κ3) is 4.10. The van der Waals surface area contributed by atoms with Crippen molar-refractivity contribution in [1.82, 2.24) is 0 Å². The number of anilines is 6. The Labute approximate surface area is 411 Å². The molecule has 71 heavy (non-hydrogen) atoms. The van der Waals surface area contributed by atoms with E-state index in [2.05, 4.69) is 246 Å². The number of para-hydroxylation sites is 2. The van der Waals surface area contributed by atoms with Gasteiger partial charge in [0.15, 0.2) is 0 Å². The molecule has 0 N–H and O–H groups in total. The largest absolute Gasteiger partial charge is 0.311 e. The predicted molar refractivity (Wildman–Crippen MR) is 295 cm³/mol. The lowest BCUT2D eigenvalue weighted by Gasteiger charge is -2.53. The molecule has 2 nitrogen and oxygen atoms in total. The number of nitrogens with zero attached hydrogens (tertiary/aromatic N) is 2. The highest BCUT2D eigenvalue weighted by molar-refractivity contribution is 7.00. The molecule has 324 valence electrons. The summed E-state index contributed by atoms with van der Waals surface area (Å²) in [5, 5.41) is 7.50. The first-order chi connectivity index (χ1) is 35.2. The molecule has 12 aromatic carbocycles. The van der Waals surface area contributed by atoms with Crippen molar-refractivity contribution in [2.75, 3.05) is 9.80 Å². The van der Waals surface area contributed by atoms with Crippen molar-refractivity contribution in [3.63, 3.8) is 0 Å². The van der Waals surface area contributed by atoms with Crippen molar-refractivity contribution in [2.45, 2.75) is 10.8 Å². The summed E-state index contributed by atoms with van der Waals surface area (Å²) in [6.07, 6.45) is 0. The van der Waals surface area contributed by atoms with Crippen LogP contribution >= 0.6 is 0 Å². The summed E-state index contributed by atoms with van der Waals surface area (Å²) in [6.45, 7) is -0.0566. The minimum absolute atomic E-state index is 0.0566. The summed E-state index contributed by atoms with van der Waals surface area (Å²) in [4.78, 5) is 5.43. The van der Waals surface area contributed by atoms with Gasteiger partial charge in [0, 0.05) is 22.4 Å². The topological polar surface area (TPSA) is 6.48 Å². The van der Waals surface area contributed by atoms with Gasteiger partial charge in [0.1, 0.15) is 0 Å². The average molecular weight is 895 g/mol. The summed E-state index contributed by atoms with van der Waals surface area (Å²) in [6, 6.07) is 91.4. The second-order valence-corrected chi connectivity index (χ2v) is 20.6. The van der Waals surface area contributed by atoms with Gasteiger partial charge >= 0.3 is 0 Å². The lowest BCUT2D eigenvalue weighted by atomic mass is 9.32. The Kier molecular flexibility index (Phi) is 6.59. The molecule has 0 radical (unpaired) electrons. The van der Waals surface area contributed by atoms with E-state index in [1.807, 2.05) is 0 Å². The first kappa shape index (κ1) is 37.0. The highest BCUT2D eigenvalue weighted by Crippen LogP contribution is 2.67. The zero-order chi connectivity index (χ0) is 45.9. The van der Waals surface area contributed by atoms with E-state index in [9.17, 15) is 0 Å². The van der Waals surface area contributed by atoms with Gasteiger partial charge in [-0.05, 0) is 140 Å². The molecule has 12 aromatic rings. The quantitative estimate of drug-likeness (QED) is 0.140. The van der Waals surface area contributed by atoms with Gasteiger partial charge < -0.3 is 9.80 Å². The number of rotatable bonds is 0. The van der Waals surface area contributed by atoms with E-state index in [0.717, 1.165) is 0 Å². The van der Waals surface area contributed by atoms with Gasteiger partial charge in [0.05, 0.1) is 27.9 Å². The maximum absolute atomic E-state index is 2.73. The molecule has 0 saturated heterocycles. The van der Waals surface area contributed by atoms with Crippen LogP contribution in [0.1, 0.15) is 44.5 Å². The molecule has 0 saturated carbocycles. The van der Waals surface area contributed by atoms with Gasteiger partial charge in [-0.3, -0.25) is 0 Å². The molecule has 0 bridgehead atoms. The van der Waals surface area contributed by atoms with Crippen molar-refractivity contribution in [3.8, 4) is 22.3 Å². The summed E-state index contributed by atoms with van der Waals surface area (Å²) >= 11 is 0. The molecule has 2 spiro atoms. The van der Waals surface area contributed by atoms with Gasteiger partial charge in [-0.25, -0.2) is 0 Å². The Morgan fingerprint density at radius 3 is 1.13 bits per heavy atom. The summed E-state index contributed by atoms with van der Waals surface area (Å²) in [5.74, 6) is 0. The fourth-order valence-corrected chi connectivity index (χ4v) is 15.3. The van der Waals surface area contributed by atoms with Crippen molar-refractivity contribution in [2.24, 2.45) is 0 Å². The molecule has 2 aliphatic carbocycles. The number of hydrogen-bond acceptors (Lipinski definition) is 2. The van der Waals surface area contributed by atoms with E-state index in [1.54, 1.807) is 0 Å². The second-order valence-electron chi connectivity index (χ2n) is 20.6. The predicted octanol–water partition coefficient (Wildman–Crippen LogP) is 14.6. The van der Waals surface area contributed by atoms with Crippen LogP contribution in [0.4, 0.5) is 34.1 Å². The van der Waals surface area contributed by atoms with Crippen LogP contribution < -0.4 is 26.2 Å². The smallest absolute Gasteiger partial charge is 0.252 e. The van der Waals surface area contributed by atoms with Crippen molar-refractivity contribution < 1.29 is 0 Å². The van der Waals surface area contributed by atoms with Crippen molar-refractivity contribution >= 4 is 89.5 Å².